The third-order valence-corrected chi connectivity index (χ3v) is 3.70. The highest BCUT2D eigenvalue weighted by molar-refractivity contribution is 9.10. The molecule has 1 unspecified atom stereocenters. The average molecular weight is 350 g/mol. The Morgan fingerprint density at radius 2 is 2.00 bits per heavy atom. The fraction of sp³-hybridized carbons (Fsp3) is 0.250. The molecule has 5 heteroatoms. The minimum absolute atomic E-state index is 0.159. The molecule has 1 aromatic heterocycles. The summed E-state index contributed by atoms with van der Waals surface area (Å²) >= 11 is 3.36. The molecule has 4 nitrogen and oxygen atoms in total. The molecule has 0 aliphatic heterocycles. The zero-order valence-corrected chi connectivity index (χ0v) is 13.2. The summed E-state index contributed by atoms with van der Waals surface area (Å²) in [4.78, 5) is 15.9. The van der Waals surface area contributed by atoms with Crippen LogP contribution in [0, 0.1) is 0 Å². The van der Waals surface area contributed by atoms with E-state index in [2.05, 4.69) is 20.9 Å². The van der Waals surface area contributed by atoms with E-state index in [-0.39, 0.29) is 13.0 Å². The van der Waals surface area contributed by atoms with Crippen LogP contribution in [0.5, 0.6) is 0 Å². The minimum Gasteiger partial charge on any atom is -0.466 e. The van der Waals surface area contributed by atoms with E-state index >= 15 is 0 Å². The van der Waals surface area contributed by atoms with Crippen molar-refractivity contribution >= 4 is 21.9 Å². The molecule has 1 heterocycles. The number of aromatic nitrogens is 1. The number of pyridine rings is 1. The van der Waals surface area contributed by atoms with Gasteiger partial charge in [-0.05, 0) is 30.7 Å². The number of ether oxygens (including phenoxy) is 1. The van der Waals surface area contributed by atoms with E-state index < -0.39 is 11.6 Å². The van der Waals surface area contributed by atoms with Gasteiger partial charge in [-0.2, -0.15) is 0 Å². The first-order chi connectivity index (χ1) is 10.1. The Labute approximate surface area is 131 Å². The SMILES string of the molecule is CCOC(=O)CC(O)(c1ccc(Br)cc1)c1cccnc1. The first-order valence-corrected chi connectivity index (χ1v) is 7.40. The maximum absolute atomic E-state index is 11.9. The lowest BCUT2D eigenvalue weighted by atomic mass is 9.84. The van der Waals surface area contributed by atoms with Crippen LogP contribution in [-0.4, -0.2) is 22.7 Å². The molecule has 0 aliphatic carbocycles. The lowest BCUT2D eigenvalue weighted by Crippen LogP contribution is -2.31. The van der Waals surface area contributed by atoms with Crippen LogP contribution in [0.4, 0.5) is 0 Å². The van der Waals surface area contributed by atoms with E-state index in [1.54, 1.807) is 43.6 Å². The lowest BCUT2D eigenvalue weighted by Gasteiger charge is -2.28. The van der Waals surface area contributed by atoms with Gasteiger partial charge in [0.1, 0.15) is 5.60 Å². The molecule has 0 saturated carbocycles. The quantitative estimate of drug-likeness (QED) is 0.842. The van der Waals surface area contributed by atoms with Crippen molar-refractivity contribution < 1.29 is 14.6 Å². The second-order valence-corrected chi connectivity index (χ2v) is 5.51. The van der Waals surface area contributed by atoms with Crippen LogP contribution < -0.4 is 0 Å². The van der Waals surface area contributed by atoms with E-state index in [0.717, 1.165) is 4.47 Å². The molecule has 2 rings (SSSR count). The molecule has 0 bridgehead atoms. The monoisotopic (exact) mass is 349 g/mol. The summed E-state index contributed by atoms with van der Waals surface area (Å²) < 4.78 is 5.87. The highest BCUT2D eigenvalue weighted by atomic mass is 79.9. The van der Waals surface area contributed by atoms with Crippen LogP contribution in [0.15, 0.2) is 53.3 Å². The van der Waals surface area contributed by atoms with Crippen molar-refractivity contribution in [1.82, 2.24) is 4.98 Å². The summed E-state index contributed by atoms with van der Waals surface area (Å²) in [5.74, 6) is -0.452. The number of hydrogen-bond acceptors (Lipinski definition) is 4. The van der Waals surface area contributed by atoms with Gasteiger partial charge in [0.2, 0.25) is 0 Å². The number of carbonyl (C=O) groups is 1. The molecule has 0 amide bonds. The number of esters is 1. The Kier molecular flexibility index (Phi) is 5.09. The van der Waals surface area contributed by atoms with Crippen molar-refractivity contribution in [3.05, 3.63) is 64.4 Å². The second kappa shape index (κ2) is 6.83. The van der Waals surface area contributed by atoms with Crippen molar-refractivity contribution in [2.24, 2.45) is 0 Å². The zero-order chi connectivity index (χ0) is 15.3. The van der Waals surface area contributed by atoms with Gasteiger partial charge in [-0.3, -0.25) is 9.78 Å². The molecule has 0 saturated heterocycles. The van der Waals surface area contributed by atoms with E-state index in [9.17, 15) is 9.90 Å². The standard InChI is InChI=1S/C16H16BrNO3/c1-2-21-15(19)10-16(20,13-4-3-9-18-11-13)12-5-7-14(17)8-6-12/h3-9,11,20H,2,10H2,1H3. The Morgan fingerprint density at radius 3 is 2.57 bits per heavy atom. The smallest absolute Gasteiger partial charge is 0.309 e. The number of rotatable bonds is 5. The van der Waals surface area contributed by atoms with Crippen LogP contribution >= 0.6 is 15.9 Å². The summed E-state index contributed by atoms with van der Waals surface area (Å²) in [6, 6.07) is 10.7. The summed E-state index contributed by atoms with van der Waals surface area (Å²) in [7, 11) is 0. The summed E-state index contributed by atoms with van der Waals surface area (Å²) in [6.07, 6.45) is 3.02. The second-order valence-electron chi connectivity index (χ2n) is 4.59. The number of nitrogens with zero attached hydrogens (tertiary/aromatic N) is 1. The normalized spacial score (nSPS) is 13.5. The molecule has 1 N–H and O–H groups in total. The fourth-order valence-corrected chi connectivity index (χ4v) is 2.39. The molecular weight excluding hydrogens is 334 g/mol. The van der Waals surface area contributed by atoms with Gasteiger partial charge in [0.05, 0.1) is 13.0 Å². The molecule has 1 aromatic carbocycles. The van der Waals surface area contributed by atoms with Gasteiger partial charge >= 0.3 is 5.97 Å². The Morgan fingerprint density at radius 1 is 1.29 bits per heavy atom. The largest absolute Gasteiger partial charge is 0.466 e. The summed E-state index contributed by atoms with van der Waals surface area (Å²) in [6.45, 7) is 2.02. The molecule has 21 heavy (non-hydrogen) atoms. The predicted octanol–water partition coefficient (Wildman–Crippen LogP) is 3.03. The summed E-state index contributed by atoms with van der Waals surface area (Å²) in [5.41, 5.74) is -0.284. The third kappa shape index (κ3) is 3.68. The van der Waals surface area contributed by atoms with Gasteiger partial charge in [-0.25, -0.2) is 0 Å². The van der Waals surface area contributed by atoms with Crippen LogP contribution in [-0.2, 0) is 15.1 Å². The van der Waals surface area contributed by atoms with E-state index in [1.807, 2.05) is 12.1 Å². The number of hydrogen-bond donors (Lipinski definition) is 1. The van der Waals surface area contributed by atoms with Crippen molar-refractivity contribution in [2.45, 2.75) is 18.9 Å². The Bertz CT molecular complexity index is 601. The molecule has 0 spiro atoms. The van der Waals surface area contributed by atoms with Gasteiger partial charge in [0.15, 0.2) is 0 Å². The molecule has 110 valence electrons. The first kappa shape index (κ1) is 15.7. The molecule has 0 aliphatic rings. The number of halogens is 1. The average Bonchev–Trinajstić information content (AvgIpc) is 2.49. The van der Waals surface area contributed by atoms with E-state index in [0.29, 0.717) is 11.1 Å². The lowest BCUT2D eigenvalue weighted by molar-refractivity contribution is -0.147. The van der Waals surface area contributed by atoms with Crippen molar-refractivity contribution in [1.29, 1.82) is 0 Å². The van der Waals surface area contributed by atoms with Gasteiger partial charge in [0.25, 0.3) is 0 Å². The first-order valence-electron chi connectivity index (χ1n) is 6.61. The molecular formula is C16H16BrNO3. The van der Waals surface area contributed by atoms with Gasteiger partial charge < -0.3 is 9.84 Å². The van der Waals surface area contributed by atoms with E-state index in [1.165, 1.54) is 0 Å². The number of benzene rings is 1. The van der Waals surface area contributed by atoms with Gasteiger partial charge in [0, 0.05) is 22.4 Å². The van der Waals surface area contributed by atoms with Crippen molar-refractivity contribution in [2.75, 3.05) is 6.61 Å². The fourth-order valence-electron chi connectivity index (χ4n) is 2.12. The maximum atomic E-state index is 11.9. The predicted molar refractivity (Wildman–Crippen MR) is 82.6 cm³/mol. The zero-order valence-electron chi connectivity index (χ0n) is 11.6. The van der Waals surface area contributed by atoms with Crippen LogP contribution in [0.25, 0.3) is 0 Å². The van der Waals surface area contributed by atoms with Crippen LogP contribution in [0.2, 0.25) is 0 Å². The molecule has 2 aromatic rings. The third-order valence-electron chi connectivity index (χ3n) is 3.17. The maximum Gasteiger partial charge on any atom is 0.309 e. The molecule has 1 atom stereocenters. The summed E-state index contributed by atoms with van der Waals surface area (Å²) in [5, 5.41) is 11.1. The van der Waals surface area contributed by atoms with Gasteiger partial charge in [-0.1, -0.05) is 34.1 Å². The molecule has 0 fully saturated rings. The Hall–Kier alpha value is -1.72. The Balaban J connectivity index is 2.43. The highest BCUT2D eigenvalue weighted by Gasteiger charge is 2.35. The van der Waals surface area contributed by atoms with Crippen molar-refractivity contribution in [3.63, 3.8) is 0 Å². The highest BCUT2D eigenvalue weighted by Crippen LogP contribution is 2.33. The van der Waals surface area contributed by atoms with Crippen LogP contribution in [0.3, 0.4) is 0 Å². The van der Waals surface area contributed by atoms with Crippen molar-refractivity contribution in [3.8, 4) is 0 Å². The van der Waals surface area contributed by atoms with Gasteiger partial charge in [-0.15, -0.1) is 0 Å². The minimum atomic E-state index is -1.46. The topological polar surface area (TPSA) is 59.4 Å². The number of carbonyl (C=O) groups excluding carboxylic acids is 1. The van der Waals surface area contributed by atoms with Crippen LogP contribution in [0.1, 0.15) is 24.5 Å². The molecule has 0 radical (unpaired) electrons. The number of aliphatic hydroxyl groups is 1. The van der Waals surface area contributed by atoms with E-state index in [4.69, 9.17) is 4.74 Å².